The van der Waals surface area contributed by atoms with Crippen molar-refractivity contribution >= 4 is 29.1 Å². The highest BCUT2D eigenvalue weighted by Crippen LogP contribution is 2.42. The quantitative estimate of drug-likeness (QED) is 0.696. The Morgan fingerprint density at radius 2 is 1.61 bits per heavy atom. The summed E-state index contributed by atoms with van der Waals surface area (Å²) >= 11 is 0. The van der Waals surface area contributed by atoms with Crippen LogP contribution in [-0.2, 0) is 22.4 Å². The van der Waals surface area contributed by atoms with Crippen molar-refractivity contribution in [1.82, 2.24) is 0 Å². The van der Waals surface area contributed by atoms with Crippen LogP contribution in [0.4, 0.5) is 11.4 Å². The second kappa shape index (κ2) is 8.66. The lowest BCUT2D eigenvalue weighted by Gasteiger charge is -2.25. The molecule has 0 radical (unpaired) electrons. The zero-order chi connectivity index (χ0) is 22.1. The van der Waals surface area contributed by atoms with Crippen molar-refractivity contribution in [3.05, 3.63) is 59.2 Å². The molecule has 31 heavy (non-hydrogen) atoms. The van der Waals surface area contributed by atoms with Gasteiger partial charge in [-0.2, -0.15) is 0 Å². The first kappa shape index (κ1) is 21.3. The highest BCUT2D eigenvalue weighted by atomic mass is 16.2. The summed E-state index contributed by atoms with van der Waals surface area (Å²) in [7, 11) is 0. The van der Waals surface area contributed by atoms with Crippen LogP contribution < -0.4 is 10.2 Å². The fraction of sp³-hybridized carbons (Fsp3) is 0.423. The lowest BCUT2D eigenvalue weighted by atomic mass is 9.76. The van der Waals surface area contributed by atoms with E-state index in [1.54, 1.807) is 24.3 Å². The van der Waals surface area contributed by atoms with Gasteiger partial charge >= 0.3 is 0 Å². The maximum atomic E-state index is 13.1. The fourth-order valence-electron chi connectivity index (χ4n) is 5.02. The van der Waals surface area contributed by atoms with Crippen LogP contribution in [0, 0.1) is 17.8 Å². The average Bonchev–Trinajstić information content (AvgIpc) is 3.03. The molecule has 2 fully saturated rings. The molecule has 1 heterocycles. The molecule has 0 aromatic heterocycles. The van der Waals surface area contributed by atoms with Gasteiger partial charge in [0.05, 0.1) is 17.5 Å². The summed E-state index contributed by atoms with van der Waals surface area (Å²) in [6.07, 6.45) is 4.15. The van der Waals surface area contributed by atoms with Crippen molar-refractivity contribution in [2.24, 2.45) is 17.8 Å². The van der Waals surface area contributed by atoms with Crippen molar-refractivity contribution in [3.8, 4) is 0 Å². The largest absolute Gasteiger partial charge is 0.321 e. The first-order valence-corrected chi connectivity index (χ1v) is 11.3. The van der Waals surface area contributed by atoms with Gasteiger partial charge in [0.15, 0.2) is 0 Å². The van der Waals surface area contributed by atoms with E-state index in [0.717, 1.165) is 48.9 Å². The number of amides is 3. The van der Waals surface area contributed by atoms with Gasteiger partial charge in [0.25, 0.3) is 5.91 Å². The van der Waals surface area contributed by atoms with E-state index in [2.05, 4.69) is 26.1 Å². The number of fused-ring (bicyclic) bond motifs is 1. The number of nitrogens with zero attached hydrogens (tertiary/aromatic N) is 1. The number of rotatable bonds is 5. The highest BCUT2D eigenvalue weighted by Gasteiger charge is 2.50. The summed E-state index contributed by atoms with van der Waals surface area (Å²) in [5, 5.41) is 3.07. The van der Waals surface area contributed by atoms with Crippen LogP contribution in [0.25, 0.3) is 0 Å². The van der Waals surface area contributed by atoms with Crippen molar-refractivity contribution in [3.63, 3.8) is 0 Å². The fourth-order valence-corrected chi connectivity index (χ4v) is 5.02. The third-order valence-corrected chi connectivity index (χ3v) is 6.79. The highest BCUT2D eigenvalue weighted by molar-refractivity contribution is 6.22. The Labute approximate surface area is 183 Å². The molecule has 5 nitrogen and oxygen atoms in total. The lowest BCUT2D eigenvalue weighted by Crippen LogP contribution is -2.31. The summed E-state index contributed by atoms with van der Waals surface area (Å²) in [5.74, 6) is -0.459. The predicted octanol–water partition coefficient (Wildman–Crippen LogP) is 4.99. The molecule has 3 atom stereocenters. The molecule has 1 aliphatic carbocycles. The molecule has 0 spiro atoms. The average molecular weight is 419 g/mol. The van der Waals surface area contributed by atoms with Crippen LogP contribution in [0.1, 0.15) is 61.5 Å². The molecule has 2 aromatic carbocycles. The number of carbonyl (C=O) groups is 3. The molecule has 1 aliphatic heterocycles. The molecule has 1 N–H and O–H groups in total. The molecule has 0 bridgehead atoms. The van der Waals surface area contributed by atoms with Crippen molar-refractivity contribution in [2.75, 3.05) is 10.2 Å². The van der Waals surface area contributed by atoms with E-state index in [-0.39, 0.29) is 29.6 Å². The van der Waals surface area contributed by atoms with Crippen LogP contribution >= 0.6 is 0 Å². The van der Waals surface area contributed by atoms with Crippen LogP contribution in [0.15, 0.2) is 42.5 Å². The van der Waals surface area contributed by atoms with Crippen molar-refractivity contribution in [1.29, 1.82) is 0 Å². The number of carbonyl (C=O) groups excluding carboxylic acids is 3. The number of hydrogen-bond donors (Lipinski definition) is 1. The number of anilines is 2. The van der Waals surface area contributed by atoms with E-state index in [1.807, 2.05) is 18.2 Å². The van der Waals surface area contributed by atoms with E-state index in [1.165, 1.54) is 4.90 Å². The van der Waals surface area contributed by atoms with E-state index in [0.29, 0.717) is 17.2 Å². The molecule has 0 unspecified atom stereocenters. The third kappa shape index (κ3) is 3.89. The first-order chi connectivity index (χ1) is 14.9. The van der Waals surface area contributed by atoms with Gasteiger partial charge in [-0.1, -0.05) is 45.0 Å². The number of para-hydroxylation sites is 1. The second-order valence-corrected chi connectivity index (χ2v) is 8.81. The van der Waals surface area contributed by atoms with E-state index < -0.39 is 0 Å². The molecular weight excluding hydrogens is 388 g/mol. The number of nitrogens with one attached hydrogen (secondary N) is 1. The minimum Gasteiger partial charge on any atom is -0.321 e. The Kier molecular flexibility index (Phi) is 5.94. The normalized spacial score (nSPS) is 23.1. The van der Waals surface area contributed by atoms with Crippen LogP contribution in [0.3, 0.4) is 0 Å². The van der Waals surface area contributed by atoms with Gasteiger partial charge in [0, 0.05) is 11.3 Å². The van der Waals surface area contributed by atoms with E-state index in [4.69, 9.17) is 0 Å². The molecule has 1 saturated heterocycles. The van der Waals surface area contributed by atoms with Crippen molar-refractivity contribution in [2.45, 2.75) is 52.9 Å². The Balaban J connectivity index is 1.60. The number of hydrogen-bond acceptors (Lipinski definition) is 3. The Hall–Kier alpha value is -2.95. The summed E-state index contributed by atoms with van der Waals surface area (Å²) in [6, 6.07) is 12.9. The van der Waals surface area contributed by atoms with Crippen LogP contribution in [0.5, 0.6) is 0 Å². The molecule has 3 amide bonds. The molecule has 4 rings (SSSR count). The van der Waals surface area contributed by atoms with Gasteiger partial charge < -0.3 is 5.32 Å². The molecule has 2 aliphatic rings. The van der Waals surface area contributed by atoms with Gasteiger partial charge in [-0.25, -0.2) is 0 Å². The van der Waals surface area contributed by atoms with Gasteiger partial charge in [0.1, 0.15) is 0 Å². The van der Waals surface area contributed by atoms with E-state index in [9.17, 15) is 14.4 Å². The SMILES string of the molecule is CCc1cccc(CC)c1NC(=O)c1cccc(N2C(=O)[C@H]3C[C@@H](C)CC[C@H]3C2=O)c1. The molecular formula is C26H30N2O3. The predicted molar refractivity (Wildman–Crippen MR) is 122 cm³/mol. The lowest BCUT2D eigenvalue weighted by molar-refractivity contribution is -0.122. The minimum atomic E-state index is -0.234. The maximum Gasteiger partial charge on any atom is 0.255 e. The number of benzene rings is 2. The zero-order valence-corrected chi connectivity index (χ0v) is 18.5. The maximum absolute atomic E-state index is 13.1. The van der Waals surface area contributed by atoms with Gasteiger partial charge in [-0.15, -0.1) is 0 Å². The monoisotopic (exact) mass is 418 g/mol. The minimum absolute atomic E-state index is 0.121. The Bertz CT molecular complexity index is 1010. The number of imide groups is 1. The standard InChI is InChI=1S/C26H30N2O3/c1-4-17-8-6-9-18(5-2)23(17)27-24(29)19-10-7-11-20(15-19)28-25(30)21-13-12-16(3)14-22(21)26(28)31/h6-11,15-16,21-22H,4-5,12-14H2,1-3H3,(H,27,29)/t16-,21+,22-/m0/s1. The summed E-state index contributed by atoms with van der Waals surface area (Å²) < 4.78 is 0. The molecule has 2 aromatic rings. The van der Waals surface area contributed by atoms with Crippen LogP contribution in [-0.4, -0.2) is 17.7 Å². The smallest absolute Gasteiger partial charge is 0.255 e. The summed E-state index contributed by atoms with van der Waals surface area (Å²) in [4.78, 5) is 40.4. The zero-order valence-electron chi connectivity index (χ0n) is 18.5. The number of aryl methyl sites for hydroxylation is 2. The first-order valence-electron chi connectivity index (χ1n) is 11.3. The molecule has 162 valence electrons. The summed E-state index contributed by atoms with van der Waals surface area (Å²) in [5.41, 5.74) is 3.97. The van der Waals surface area contributed by atoms with Gasteiger partial charge in [0.2, 0.25) is 11.8 Å². The van der Waals surface area contributed by atoms with Gasteiger partial charge in [-0.05, 0) is 67.3 Å². The van der Waals surface area contributed by atoms with Crippen molar-refractivity contribution < 1.29 is 14.4 Å². The van der Waals surface area contributed by atoms with E-state index >= 15 is 0 Å². The van der Waals surface area contributed by atoms with Gasteiger partial charge in [-0.3, -0.25) is 19.3 Å². The Morgan fingerprint density at radius 1 is 0.968 bits per heavy atom. The molecule has 1 saturated carbocycles. The third-order valence-electron chi connectivity index (χ3n) is 6.79. The second-order valence-electron chi connectivity index (χ2n) is 8.81. The summed E-state index contributed by atoms with van der Waals surface area (Å²) in [6.45, 7) is 6.27. The van der Waals surface area contributed by atoms with Crippen LogP contribution in [0.2, 0.25) is 0 Å². The topological polar surface area (TPSA) is 66.5 Å². The molecule has 5 heteroatoms. The Morgan fingerprint density at radius 3 is 2.29 bits per heavy atom.